The van der Waals surface area contributed by atoms with E-state index in [0.29, 0.717) is 18.7 Å². The van der Waals surface area contributed by atoms with Gasteiger partial charge in [0.2, 0.25) is 0 Å². The molecule has 4 rings (SSSR count). The highest BCUT2D eigenvalue weighted by Gasteiger charge is 2.39. The summed E-state index contributed by atoms with van der Waals surface area (Å²) >= 11 is 0. The Morgan fingerprint density at radius 2 is 1.72 bits per heavy atom. The van der Waals surface area contributed by atoms with Crippen LogP contribution in [0.4, 0.5) is 11.5 Å². The van der Waals surface area contributed by atoms with Crippen molar-refractivity contribution in [2.24, 2.45) is 0 Å². The van der Waals surface area contributed by atoms with E-state index in [1.54, 1.807) is 26.8 Å². The van der Waals surface area contributed by atoms with Gasteiger partial charge in [-0.2, -0.15) is 0 Å². The largest absolute Gasteiger partial charge is 0.456 e. The van der Waals surface area contributed by atoms with E-state index in [4.69, 9.17) is 4.74 Å². The average Bonchev–Trinajstić information content (AvgIpc) is 3.54. The first kappa shape index (κ1) is 19.9. The molecular weight excluding hydrogens is 388 g/mol. The van der Waals surface area contributed by atoms with Crippen molar-refractivity contribution in [1.29, 1.82) is 0 Å². The minimum absolute atomic E-state index is 0.0417. The molecule has 2 aliphatic rings. The molecule has 0 aliphatic heterocycles. The van der Waals surface area contributed by atoms with Crippen LogP contribution in [0.5, 0.6) is 0 Å². The fraction of sp³-hybridized carbons (Fsp3) is 0.455. The molecule has 0 radical (unpaired) electrons. The van der Waals surface area contributed by atoms with Gasteiger partial charge >= 0.3 is 5.97 Å². The normalized spacial score (nSPS) is 17.1. The van der Waals surface area contributed by atoms with Crippen molar-refractivity contribution < 1.29 is 17.9 Å². The zero-order chi connectivity index (χ0) is 20.8. The lowest BCUT2D eigenvalue weighted by Crippen LogP contribution is -2.26. The van der Waals surface area contributed by atoms with Crippen molar-refractivity contribution in [2.75, 3.05) is 4.90 Å². The van der Waals surface area contributed by atoms with E-state index < -0.39 is 26.7 Å². The van der Waals surface area contributed by atoms with Crippen molar-refractivity contribution in [3.05, 3.63) is 48.0 Å². The maximum Gasteiger partial charge on any atom is 0.338 e. The summed E-state index contributed by atoms with van der Waals surface area (Å²) < 4.78 is 31.3. The quantitative estimate of drug-likeness (QED) is 0.657. The van der Waals surface area contributed by atoms with Crippen LogP contribution in [-0.2, 0) is 14.6 Å². The highest BCUT2D eigenvalue weighted by Crippen LogP contribution is 2.39. The molecule has 0 amide bonds. The number of sulfone groups is 1. The Labute approximate surface area is 171 Å². The third-order valence-electron chi connectivity index (χ3n) is 4.87. The zero-order valence-electron chi connectivity index (χ0n) is 17.0. The molecule has 0 saturated heterocycles. The number of aromatic nitrogens is 1. The van der Waals surface area contributed by atoms with Crippen molar-refractivity contribution >= 4 is 27.3 Å². The van der Waals surface area contributed by atoms with E-state index in [-0.39, 0.29) is 16.6 Å². The first-order valence-electron chi connectivity index (χ1n) is 9.99. The monoisotopic (exact) mass is 414 g/mol. The smallest absolute Gasteiger partial charge is 0.338 e. The average molecular weight is 415 g/mol. The molecule has 0 unspecified atom stereocenters. The van der Waals surface area contributed by atoms with Gasteiger partial charge in [0, 0.05) is 11.7 Å². The molecule has 0 atom stereocenters. The van der Waals surface area contributed by atoms with Crippen LogP contribution >= 0.6 is 0 Å². The SMILES string of the molecule is CC(C)(C)OC(=O)c1cc(N(c2ccccc2)C2CC2)nc(S(=O)(=O)C2CC2)c1. The summed E-state index contributed by atoms with van der Waals surface area (Å²) in [5.41, 5.74) is 0.468. The van der Waals surface area contributed by atoms with Crippen LogP contribution in [0, 0.1) is 0 Å². The van der Waals surface area contributed by atoms with E-state index in [9.17, 15) is 13.2 Å². The Bertz CT molecular complexity index is 1020. The number of ether oxygens (including phenoxy) is 1. The second-order valence-electron chi connectivity index (χ2n) is 8.74. The molecule has 154 valence electrons. The lowest BCUT2D eigenvalue weighted by atomic mass is 10.2. The number of nitrogens with zero attached hydrogens (tertiary/aromatic N) is 2. The van der Waals surface area contributed by atoms with E-state index in [1.807, 2.05) is 35.2 Å². The fourth-order valence-electron chi connectivity index (χ4n) is 3.22. The molecule has 29 heavy (non-hydrogen) atoms. The first-order valence-corrected chi connectivity index (χ1v) is 11.5. The van der Waals surface area contributed by atoms with Gasteiger partial charge in [-0.1, -0.05) is 18.2 Å². The number of hydrogen-bond acceptors (Lipinski definition) is 6. The first-order chi connectivity index (χ1) is 13.6. The van der Waals surface area contributed by atoms with Crippen LogP contribution in [0.3, 0.4) is 0 Å². The van der Waals surface area contributed by atoms with E-state index in [0.717, 1.165) is 18.5 Å². The van der Waals surface area contributed by atoms with Gasteiger partial charge in [-0.25, -0.2) is 18.2 Å². The summed E-state index contributed by atoms with van der Waals surface area (Å²) in [6, 6.07) is 13.0. The summed E-state index contributed by atoms with van der Waals surface area (Å²) in [4.78, 5) is 19.3. The Morgan fingerprint density at radius 1 is 1.07 bits per heavy atom. The summed E-state index contributed by atoms with van der Waals surface area (Å²) in [6.45, 7) is 5.36. The number of para-hydroxylation sites is 1. The standard InChI is InChI=1S/C22H26N2O4S/c1-22(2,3)28-21(25)15-13-19(23-20(14-15)29(26,27)18-11-12-18)24(17-9-10-17)16-7-5-4-6-8-16/h4-8,13-14,17-18H,9-12H2,1-3H3. The number of pyridine rings is 1. The highest BCUT2D eigenvalue weighted by atomic mass is 32.2. The van der Waals surface area contributed by atoms with E-state index >= 15 is 0 Å². The molecule has 6 nitrogen and oxygen atoms in total. The van der Waals surface area contributed by atoms with Crippen molar-refractivity contribution in [2.45, 2.75) is 68.4 Å². The topological polar surface area (TPSA) is 76.6 Å². The number of carbonyl (C=O) groups excluding carboxylic acids is 1. The van der Waals surface area contributed by atoms with Gasteiger partial charge in [-0.05, 0) is 70.7 Å². The molecule has 0 N–H and O–H groups in total. The Balaban J connectivity index is 1.82. The third kappa shape index (κ3) is 4.45. The van der Waals surface area contributed by atoms with Crippen LogP contribution < -0.4 is 4.90 Å². The third-order valence-corrected chi connectivity index (χ3v) is 7.01. The van der Waals surface area contributed by atoms with E-state index in [1.165, 1.54) is 6.07 Å². The Hall–Kier alpha value is -2.41. The number of hydrogen-bond donors (Lipinski definition) is 0. The van der Waals surface area contributed by atoms with Crippen molar-refractivity contribution in [3.8, 4) is 0 Å². The molecular formula is C22H26N2O4S. The molecule has 2 aromatic rings. The molecule has 2 saturated carbocycles. The molecule has 0 bridgehead atoms. The lowest BCUT2D eigenvalue weighted by Gasteiger charge is -2.25. The van der Waals surface area contributed by atoms with Crippen molar-refractivity contribution in [1.82, 2.24) is 4.98 Å². The number of carbonyl (C=O) groups is 1. The van der Waals surface area contributed by atoms with Gasteiger partial charge in [-0.15, -0.1) is 0 Å². The van der Waals surface area contributed by atoms with E-state index in [2.05, 4.69) is 4.98 Å². The maximum atomic E-state index is 12.9. The summed E-state index contributed by atoms with van der Waals surface area (Å²) in [5, 5.41) is -0.442. The Morgan fingerprint density at radius 3 is 2.28 bits per heavy atom. The zero-order valence-corrected chi connectivity index (χ0v) is 17.8. The molecule has 1 aromatic heterocycles. The van der Waals surface area contributed by atoms with Gasteiger partial charge in [0.15, 0.2) is 14.9 Å². The van der Waals surface area contributed by atoms with Crippen LogP contribution in [-0.4, -0.2) is 36.3 Å². The number of benzene rings is 1. The fourth-order valence-corrected chi connectivity index (χ4v) is 4.83. The van der Waals surface area contributed by atoms with Crippen LogP contribution in [0.2, 0.25) is 0 Å². The number of esters is 1. The number of anilines is 2. The molecule has 0 spiro atoms. The van der Waals surface area contributed by atoms with Gasteiger partial charge in [0.1, 0.15) is 11.4 Å². The summed E-state index contributed by atoms with van der Waals surface area (Å²) in [6.07, 6.45) is 3.28. The molecule has 1 aromatic carbocycles. The Kier molecular flexibility index (Phi) is 4.89. The minimum Gasteiger partial charge on any atom is -0.456 e. The molecule has 1 heterocycles. The second kappa shape index (κ2) is 7.13. The summed E-state index contributed by atoms with van der Waals surface area (Å²) in [5.74, 6) is -0.0708. The lowest BCUT2D eigenvalue weighted by molar-refractivity contribution is 0.00691. The second-order valence-corrected chi connectivity index (χ2v) is 10.9. The van der Waals surface area contributed by atoms with Crippen LogP contribution in [0.1, 0.15) is 56.8 Å². The molecule has 7 heteroatoms. The van der Waals surface area contributed by atoms with Gasteiger partial charge in [0.05, 0.1) is 10.8 Å². The number of rotatable bonds is 6. The van der Waals surface area contributed by atoms with Crippen LogP contribution in [0.25, 0.3) is 0 Å². The summed E-state index contributed by atoms with van der Waals surface area (Å²) in [7, 11) is -3.55. The van der Waals surface area contributed by atoms with Gasteiger partial charge < -0.3 is 9.64 Å². The predicted molar refractivity (Wildman–Crippen MR) is 111 cm³/mol. The van der Waals surface area contributed by atoms with Crippen LogP contribution in [0.15, 0.2) is 47.5 Å². The molecule has 2 fully saturated rings. The van der Waals surface area contributed by atoms with Gasteiger partial charge in [0.25, 0.3) is 0 Å². The highest BCUT2D eigenvalue weighted by molar-refractivity contribution is 7.92. The van der Waals surface area contributed by atoms with Gasteiger partial charge in [-0.3, -0.25) is 0 Å². The predicted octanol–water partition coefficient (Wildman–Crippen LogP) is 4.27. The minimum atomic E-state index is -3.55. The van der Waals surface area contributed by atoms with Crippen molar-refractivity contribution in [3.63, 3.8) is 0 Å². The molecule has 2 aliphatic carbocycles. The maximum absolute atomic E-state index is 12.9.